The first-order chi connectivity index (χ1) is 10.2. The van der Waals surface area contributed by atoms with Gasteiger partial charge in [0, 0.05) is 32.7 Å². The fraction of sp³-hybridized carbons (Fsp3) is 0.867. The van der Waals surface area contributed by atoms with Gasteiger partial charge >= 0.3 is 0 Å². The van der Waals surface area contributed by atoms with E-state index in [2.05, 4.69) is 22.4 Å². The van der Waals surface area contributed by atoms with Crippen molar-refractivity contribution in [2.24, 2.45) is 5.92 Å². The van der Waals surface area contributed by atoms with Gasteiger partial charge in [-0.1, -0.05) is 12.1 Å². The summed E-state index contributed by atoms with van der Waals surface area (Å²) in [5, 5.41) is 7.69. The summed E-state index contributed by atoms with van der Waals surface area (Å²) >= 11 is 0. The topological polar surface area (TPSA) is 69.4 Å². The molecule has 0 amide bonds. The number of hydrogen-bond acceptors (Lipinski definition) is 6. The van der Waals surface area contributed by atoms with Crippen molar-refractivity contribution >= 4 is 0 Å². The number of rotatable bonds is 4. The van der Waals surface area contributed by atoms with E-state index in [1.54, 1.807) is 0 Å². The Morgan fingerprint density at radius 3 is 2.90 bits per heavy atom. The zero-order valence-corrected chi connectivity index (χ0v) is 12.9. The van der Waals surface area contributed by atoms with Crippen molar-refractivity contribution in [2.75, 3.05) is 26.4 Å². The minimum Gasteiger partial charge on any atom is -0.381 e. The van der Waals surface area contributed by atoms with Gasteiger partial charge in [0.05, 0.1) is 6.04 Å². The van der Waals surface area contributed by atoms with Gasteiger partial charge in [0.25, 0.3) is 0 Å². The highest BCUT2D eigenvalue weighted by molar-refractivity contribution is 5.05. The van der Waals surface area contributed by atoms with Gasteiger partial charge in [0.1, 0.15) is 5.60 Å². The van der Waals surface area contributed by atoms with Crippen molar-refractivity contribution in [2.45, 2.75) is 51.2 Å². The van der Waals surface area contributed by atoms with E-state index >= 15 is 0 Å². The highest BCUT2D eigenvalue weighted by Gasteiger charge is 2.40. The number of hydrogen-bond donors (Lipinski definition) is 1. The first kappa shape index (κ1) is 14.9. The second kappa shape index (κ2) is 6.42. The lowest BCUT2D eigenvalue weighted by molar-refractivity contribution is -0.118. The van der Waals surface area contributed by atoms with E-state index in [0.29, 0.717) is 37.5 Å². The third-order valence-electron chi connectivity index (χ3n) is 4.53. The molecule has 0 radical (unpaired) electrons. The minimum atomic E-state index is -0.435. The quantitative estimate of drug-likeness (QED) is 0.918. The summed E-state index contributed by atoms with van der Waals surface area (Å²) in [6.45, 7) is 7.29. The third kappa shape index (κ3) is 3.12. The Balaban J connectivity index is 1.78. The van der Waals surface area contributed by atoms with Crippen LogP contribution in [0.3, 0.4) is 0 Å². The van der Waals surface area contributed by atoms with Gasteiger partial charge < -0.3 is 19.3 Å². The first-order valence-corrected chi connectivity index (χ1v) is 8.02. The number of aromatic nitrogens is 2. The molecular weight excluding hydrogens is 270 g/mol. The highest BCUT2D eigenvalue weighted by Crippen LogP contribution is 2.35. The molecule has 2 saturated heterocycles. The molecule has 2 aliphatic rings. The van der Waals surface area contributed by atoms with Gasteiger partial charge in [-0.25, -0.2) is 0 Å². The SMILES string of the molecule is CCOC1(c2noc(C3CC(C)CCN3)n2)CCOCC1. The third-order valence-corrected chi connectivity index (χ3v) is 4.53. The van der Waals surface area contributed by atoms with Gasteiger partial charge in [-0.05, 0) is 32.2 Å². The summed E-state index contributed by atoms with van der Waals surface area (Å²) in [5.41, 5.74) is -0.435. The van der Waals surface area contributed by atoms with Crippen LogP contribution in [0.15, 0.2) is 4.52 Å². The fourth-order valence-electron chi connectivity index (χ4n) is 3.27. The molecule has 0 spiro atoms. The second-order valence-electron chi connectivity index (χ2n) is 6.13. The van der Waals surface area contributed by atoms with Crippen LogP contribution in [0.5, 0.6) is 0 Å². The molecule has 2 atom stereocenters. The van der Waals surface area contributed by atoms with E-state index in [1.807, 2.05) is 6.92 Å². The Morgan fingerprint density at radius 2 is 2.19 bits per heavy atom. The summed E-state index contributed by atoms with van der Waals surface area (Å²) < 4.78 is 17.0. The molecule has 1 aromatic rings. The molecular formula is C15H25N3O3. The van der Waals surface area contributed by atoms with Gasteiger partial charge in [0.2, 0.25) is 11.7 Å². The summed E-state index contributed by atoms with van der Waals surface area (Å²) in [5.74, 6) is 2.07. The minimum absolute atomic E-state index is 0.175. The predicted octanol–water partition coefficient (Wildman–Crippen LogP) is 2.17. The van der Waals surface area contributed by atoms with Crippen LogP contribution >= 0.6 is 0 Å². The lowest BCUT2D eigenvalue weighted by Crippen LogP contribution is -2.38. The Morgan fingerprint density at radius 1 is 1.38 bits per heavy atom. The van der Waals surface area contributed by atoms with Crippen LogP contribution < -0.4 is 5.32 Å². The van der Waals surface area contributed by atoms with Crippen LogP contribution in [-0.2, 0) is 15.1 Å². The van der Waals surface area contributed by atoms with E-state index in [1.165, 1.54) is 6.42 Å². The van der Waals surface area contributed by atoms with Crippen LogP contribution in [0.4, 0.5) is 0 Å². The molecule has 2 unspecified atom stereocenters. The standard InChI is InChI=1S/C15H25N3O3/c1-3-20-15(5-8-19-9-6-15)14-17-13(21-18-14)12-10-11(2)4-7-16-12/h11-12,16H,3-10H2,1-2H3. The van der Waals surface area contributed by atoms with Crippen LogP contribution in [0.1, 0.15) is 57.3 Å². The molecule has 118 valence electrons. The highest BCUT2D eigenvalue weighted by atomic mass is 16.5. The van der Waals surface area contributed by atoms with Crippen LogP contribution in [0, 0.1) is 5.92 Å². The fourth-order valence-corrected chi connectivity index (χ4v) is 3.27. The summed E-state index contributed by atoms with van der Waals surface area (Å²) in [4.78, 5) is 4.66. The van der Waals surface area contributed by atoms with E-state index in [-0.39, 0.29) is 6.04 Å². The van der Waals surface area contributed by atoms with Crippen molar-refractivity contribution < 1.29 is 14.0 Å². The van der Waals surface area contributed by atoms with Crippen LogP contribution in [0.25, 0.3) is 0 Å². The molecule has 0 aromatic carbocycles. The lowest BCUT2D eigenvalue weighted by atomic mass is 9.92. The Hall–Kier alpha value is -0.980. The largest absolute Gasteiger partial charge is 0.381 e. The van der Waals surface area contributed by atoms with Gasteiger partial charge in [-0.3, -0.25) is 0 Å². The molecule has 6 heteroatoms. The van der Waals surface area contributed by atoms with E-state index < -0.39 is 5.60 Å². The summed E-state index contributed by atoms with van der Waals surface area (Å²) in [6, 6.07) is 0.175. The number of ether oxygens (including phenoxy) is 2. The van der Waals surface area contributed by atoms with Gasteiger partial charge in [-0.15, -0.1) is 0 Å². The van der Waals surface area contributed by atoms with Crippen LogP contribution in [-0.4, -0.2) is 36.5 Å². The number of nitrogens with zero attached hydrogens (tertiary/aromatic N) is 2. The molecule has 0 saturated carbocycles. The number of nitrogens with one attached hydrogen (secondary N) is 1. The maximum Gasteiger partial charge on any atom is 0.243 e. The summed E-state index contributed by atoms with van der Waals surface area (Å²) in [7, 11) is 0. The molecule has 0 bridgehead atoms. The molecule has 0 aliphatic carbocycles. The Kier molecular flexibility index (Phi) is 4.57. The average molecular weight is 295 g/mol. The molecule has 3 rings (SSSR count). The van der Waals surface area contributed by atoms with Crippen molar-refractivity contribution in [1.82, 2.24) is 15.5 Å². The zero-order chi connectivity index (χ0) is 14.7. The van der Waals surface area contributed by atoms with Crippen molar-refractivity contribution in [3.63, 3.8) is 0 Å². The van der Waals surface area contributed by atoms with Gasteiger partial charge in [0.15, 0.2) is 0 Å². The van der Waals surface area contributed by atoms with E-state index in [4.69, 9.17) is 14.0 Å². The maximum atomic E-state index is 5.99. The van der Waals surface area contributed by atoms with Crippen molar-refractivity contribution in [1.29, 1.82) is 0 Å². The van der Waals surface area contributed by atoms with Gasteiger partial charge in [-0.2, -0.15) is 4.98 Å². The average Bonchev–Trinajstić information content (AvgIpc) is 2.99. The van der Waals surface area contributed by atoms with Crippen molar-refractivity contribution in [3.8, 4) is 0 Å². The van der Waals surface area contributed by atoms with Crippen LogP contribution in [0.2, 0.25) is 0 Å². The maximum absolute atomic E-state index is 5.99. The monoisotopic (exact) mass is 295 g/mol. The van der Waals surface area contributed by atoms with E-state index in [9.17, 15) is 0 Å². The van der Waals surface area contributed by atoms with E-state index in [0.717, 1.165) is 25.8 Å². The van der Waals surface area contributed by atoms with Crippen molar-refractivity contribution in [3.05, 3.63) is 11.7 Å². The predicted molar refractivity (Wildman–Crippen MR) is 76.8 cm³/mol. The molecule has 2 fully saturated rings. The molecule has 1 aromatic heterocycles. The number of piperidine rings is 1. The molecule has 21 heavy (non-hydrogen) atoms. The molecule has 2 aliphatic heterocycles. The zero-order valence-electron chi connectivity index (χ0n) is 12.9. The summed E-state index contributed by atoms with van der Waals surface area (Å²) in [6.07, 6.45) is 3.83. The Labute approximate surface area is 125 Å². The molecule has 1 N–H and O–H groups in total. The molecule has 6 nitrogen and oxygen atoms in total. The lowest BCUT2D eigenvalue weighted by Gasteiger charge is -2.33. The smallest absolute Gasteiger partial charge is 0.243 e. The Bertz CT molecular complexity index is 451. The second-order valence-corrected chi connectivity index (χ2v) is 6.13. The normalized spacial score (nSPS) is 29.4. The first-order valence-electron chi connectivity index (χ1n) is 8.02. The molecule has 3 heterocycles.